The third-order valence-corrected chi connectivity index (χ3v) is 9.70. The second kappa shape index (κ2) is 13.3. The van der Waals surface area contributed by atoms with Crippen LogP contribution in [0.3, 0.4) is 0 Å². The molecule has 2 aromatic carbocycles. The van der Waals surface area contributed by atoms with Gasteiger partial charge in [-0.2, -0.15) is 0 Å². The summed E-state index contributed by atoms with van der Waals surface area (Å²) in [5.41, 5.74) is 8.45. The Kier molecular flexibility index (Phi) is 9.05. The third kappa shape index (κ3) is 6.33. The molecule has 1 aromatic heterocycles. The highest BCUT2D eigenvalue weighted by Gasteiger charge is 2.49. The molecule has 0 spiro atoms. The zero-order valence-electron chi connectivity index (χ0n) is 26.2. The highest BCUT2D eigenvalue weighted by Crippen LogP contribution is 2.30. The number of nitrogens with one attached hydrogen (secondary N) is 2. The van der Waals surface area contributed by atoms with E-state index in [0.717, 1.165) is 31.2 Å². The first-order valence-electron chi connectivity index (χ1n) is 16.2. The number of Topliss-reactive ketones (excluding diaryl/α,β-unsaturated/α-hetero) is 1. The molecule has 0 bridgehead atoms. The van der Waals surface area contributed by atoms with Crippen LogP contribution in [0.4, 0.5) is 0 Å². The smallest absolute Gasteiger partial charge is 0.245 e. The average molecular weight is 627 g/mol. The van der Waals surface area contributed by atoms with Crippen molar-refractivity contribution in [2.24, 2.45) is 18.7 Å². The van der Waals surface area contributed by atoms with E-state index in [-0.39, 0.29) is 41.8 Å². The molecule has 1 unspecified atom stereocenters. The quantitative estimate of drug-likeness (QED) is 0.177. The molecule has 3 aliphatic heterocycles. The zero-order valence-corrected chi connectivity index (χ0v) is 26.2. The van der Waals surface area contributed by atoms with Crippen molar-refractivity contribution < 1.29 is 19.2 Å². The Hall–Kier alpha value is -4.74. The zero-order chi connectivity index (χ0) is 32.4. The van der Waals surface area contributed by atoms with Crippen molar-refractivity contribution in [1.29, 1.82) is 5.41 Å². The van der Waals surface area contributed by atoms with Gasteiger partial charge in [-0.15, -0.1) is 0 Å². The molecule has 0 saturated carbocycles. The fraction of sp³-hybridized carbons (Fsp3) is 0.471. The topological polar surface area (TPSA) is 158 Å². The van der Waals surface area contributed by atoms with Crippen LogP contribution < -0.4 is 11.1 Å². The van der Waals surface area contributed by atoms with Gasteiger partial charge in [0.05, 0.1) is 23.6 Å². The van der Waals surface area contributed by atoms with Gasteiger partial charge in [0, 0.05) is 26.7 Å². The molecule has 12 nitrogen and oxygen atoms in total. The van der Waals surface area contributed by atoms with Crippen molar-refractivity contribution in [2.45, 2.75) is 63.1 Å². The van der Waals surface area contributed by atoms with Gasteiger partial charge >= 0.3 is 0 Å². The molecule has 3 fully saturated rings. The second-order valence-corrected chi connectivity index (χ2v) is 12.7. The number of rotatable bonds is 10. The third-order valence-electron chi connectivity index (χ3n) is 9.70. The molecule has 0 aliphatic carbocycles. The van der Waals surface area contributed by atoms with Gasteiger partial charge in [0.15, 0.2) is 11.8 Å². The lowest BCUT2D eigenvalue weighted by Gasteiger charge is -2.39. The van der Waals surface area contributed by atoms with E-state index in [1.54, 1.807) is 21.4 Å². The number of fused-ring (bicyclic) bond motifs is 2. The monoisotopic (exact) mass is 626 g/mol. The van der Waals surface area contributed by atoms with Gasteiger partial charge in [0.2, 0.25) is 23.5 Å². The average Bonchev–Trinajstić information content (AvgIpc) is 3.66. The molecular formula is C34H42N8O4. The molecule has 0 radical (unpaired) electrons. The molecule has 3 amide bonds. The number of nitrogens with two attached hydrogens (primary N) is 1. The number of benzene rings is 2. The van der Waals surface area contributed by atoms with Crippen molar-refractivity contribution in [3.05, 3.63) is 66.0 Å². The molecule has 3 aliphatic rings. The molecule has 4 atom stereocenters. The molecular weight excluding hydrogens is 584 g/mol. The Morgan fingerprint density at radius 3 is 2.59 bits per heavy atom. The number of carbonyl (C=O) groups is 4. The van der Waals surface area contributed by atoms with Crippen LogP contribution in [0.25, 0.3) is 11.0 Å². The molecule has 3 saturated heterocycles. The Bertz CT molecular complexity index is 1640. The van der Waals surface area contributed by atoms with E-state index >= 15 is 0 Å². The van der Waals surface area contributed by atoms with Crippen LogP contribution in [-0.2, 0) is 27.9 Å². The molecule has 4 heterocycles. The summed E-state index contributed by atoms with van der Waals surface area (Å²) in [6, 6.07) is 15.1. The Morgan fingerprint density at radius 2 is 1.83 bits per heavy atom. The van der Waals surface area contributed by atoms with Crippen molar-refractivity contribution >= 4 is 40.5 Å². The van der Waals surface area contributed by atoms with Crippen molar-refractivity contribution in [3.63, 3.8) is 0 Å². The van der Waals surface area contributed by atoms with Gasteiger partial charge in [-0.1, -0.05) is 42.5 Å². The summed E-state index contributed by atoms with van der Waals surface area (Å²) in [5, 5.41) is 10.9. The van der Waals surface area contributed by atoms with E-state index in [9.17, 15) is 19.2 Å². The van der Waals surface area contributed by atoms with Crippen LogP contribution in [0.5, 0.6) is 0 Å². The number of amides is 3. The summed E-state index contributed by atoms with van der Waals surface area (Å²) >= 11 is 0. The summed E-state index contributed by atoms with van der Waals surface area (Å²) in [4.78, 5) is 64.3. The number of piperidine rings is 1. The Labute approximate surface area is 268 Å². The Balaban J connectivity index is 1.16. The number of para-hydroxylation sites is 2. The fourth-order valence-electron chi connectivity index (χ4n) is 7.33. The number of aryl methyl sites for hydroxylation is 2. The molecule has 4 N–H and O–H groups in total. The van der Waals surface area contributed by atoms with Gasteiger partial charge in [-0.25, -0.2) is 4.98 Å². The predicted molar refractivity (Wildman–Crippen MR) is 173 cm³/mol. The molecule has 12 heteroatoms. The molecule has 3 aromatic rings. The number of hydrogen-bond donors (Lipinski definition) is 3. The van der Waals surface area contributed by atoms with Crippen LogP contribution in [0, 0.1) is 11.3 Å². The van der Waals surface area contributed by atoms with Gasteiger partial charge in [-0.3, -0.25) is 24.6 Å². The number of likely N-dealkylation sites (tertiary alicyclic amines) is 1. The van der Waals surface area contributed by atoms with E-state index in [4.69, 9.17) is 11.1 Å². The minimum atomic E-state index is -0.899. The predicted octanol–water partition coefficient (Wildman–Crippen LogP) is 2.07. The van der Waals surface area contributed by atoms with Crippen molar-refractivity contribution in [1.82, 2.24) is 29.6 Å². The van der Waals surface area contributed by atoms with E-state index in [2.05, 4.69) is 10.3 Å². The second-order valence-electron chi connectivity index (χ2n) is 12.7. The van der Waals surface area contributed by atoms with Crippen LogP contribution >= 0.6 is 0 Å². The number of imidazole rings is 1. The molecule has 6 rings (SSSR count). The van der Waals surface area contributed by atoms with E-state index < -0.39 is 24.0 Å². The van der Waals surface area contributed by atoms with E-state index in [0.29, 0.717) is 44.4 Å². The molecule has 242 valence electrons. The minimum Gasteiger partial charge on any atom is -0.370 e. The van der Waals surface area contributed by atoms with Gasteiger partial charge in [-0.05, 0) is 68.6 Å². The lowest BCUT2D eigenvalue weighted by Crippen LogP contribution is -2.62. The van der Waals surface area contributed by atoms with E-state index in [1.165, 1.54) is 10.5 Å². The number of nitrogens with zero attached hydrogens (tertiary/aromatic N) is 5. The summed E-state index contributed by atoms with van der Waals surface area (Å²) < 4.78 is 1.74. The molecule has 46 heavy (non-hydrogen) atoms. The number of aromatic nitrogens is 2. The highest BCUT2D eigenvalue weighted by molar-refractivity contribution is 6.03. The standard InChI is InChI=1S/C34H42N8O4/c1-39-26-14-6-5-13-24(26)37-31(39)30(44)25(19-23-12-8-18-41(20-23)34(35)36)38-32(45)27-15-16-28-33(46)40(21-29(43)42(27)28)17-7-11-22-9-3-2-4-10-22/h2-6,9-10,13-14,23,25,27-28H,7-8,11-12,15-21H2,1H3,(H3,35,36)(H,38,45)/t23?,25-,27-,28-/m0/s1. The first kappa shape index (κ1) is 31.3. The summed E-state index contributed by atoms with van der Waals surface area (Å²) in [6.45, 7) is 1.62. The van der Waals surface area contributed by atoms with Crippen LogP contribution in [0.15, 0.2) is 54.6 Å². The van der Waals surface area contributed by atoms with Crippen LogP contribution in [0.1, 0.15) is 54.7 Å². The number of ketones is 1. The number of carbonyl (C=O) groups excluding carboxylic acids is 4. The lowest BCUT2D eigenvalue weighted by atomic mass is 9.89. The Morgan fingerprint density at radius 1 is 1.07 bits per heavy atom. The first-order chi connectivity index (χ1) is 22.2. The van der Waals surface area contributed by atoms with E-state index in [1.807, 2.05) is 54.6 Å². The summed E-state index contributed by atoms with van der Waals surface area (Å²) in [7, 11) is 1.78. The summed E-state index contributed by atoms with van der Waals surface area (Å²) in [5.74, 6) is -0.867. The number of guanidine groups is 1. The highest BCUT2D eigenvalue weighted by atomic mass is 16.2. The van der Waals surface area contributed by atoms with Crippen molar-refractivity contribution in [3.8, 4) is 0 Å². The maximum absolute atomic E-state index is 14.1. The normalized spacial score (nSPS) is 22.2. The van der Waals surface area contributed by atoms with Gasteiger partial charge in [0.1, 0.15) is 12.1 Å². The summed E-state index contributed by atoms with van der Waals surface area (Å²) in [6.07, 6.45) is 4.30. The first-order valence-corrected chi connectivity index (χ1v) is 16.2. The number of hydrogen-bond acceptors (Lipinski definition) is 6. The van der Waals surface area contributed by atoms with Crippen LogP contribution in [-0.4, -0.2) is 98.0 Å². The van der Waals surface area contributed by atoms with Crippen LogP contribution in [0.2, 0.25) is 0 Å². The minimum absolute atomic E-state index is 0.00801. The fourth-order valence-corrected chi connectivity index (χ4v) is 7.33. The maximum atomic E-state index is 14.1. The SMILES string of the molecule is Cn1c(C(=O)[C@H](CC2CCCN(C(=N)N)C2)NC(=O)[C@@H]2CC[C@H]3C(=O)N(CCCc4ccccc4)CC(=O)N23)nc2ccccc21. The maximum Gasteiger partial charge on any atom is 0.245 e. The largest absolute Gasteiger partial charge is 0.370 e. The lowest BCUT2D eigenvalue weighted by molar-refractivity contribution is -0.157. The number of piperazine rings is 1. The van der Waals surface area contributed by atoms with Gasteiger partial charge in [0.25, 0.3) is 0 Å². The van der Waals surface area contributed by atoms with Crippen molar-refractivity contribution in [2.75, 3.05) is 26.2 Å². The van der Waals surface area contributed by atoms with Gasteiger partial charge < -0.3 is 30.3 Å².